The maximum Gasteiger partial charge on any atom is 0.225 e. The van der Waals surface area contributed by atoms with Crippen molar-refractivity contribution in [2.24, 2.45) is 0 Å². The minimum atomic E-state index is 0.0166. The van der Waals surface area contributed by atoms with Crippen LogP contribution >= 0.6 is 0 Å². The lowest BCUT2D eigenvalue weighted by atomic mass is 10.2. The lowest BCUT2D eigenvalue weighted by Crippen LogP contribution is -2.36. The van der Waals surface area contributed by atoms with Crippen LogP contribution in [0, 0.1) is 0 Å². The molecule has 2 heterocycles. The zero-order valence-corrected chi connectivity index (χ0v) is 14.3. The first-order valence-electron chi connectivity index (χ1n) is 8.64. The van der Waals surface area contributed by atoms with Crippen molar-refractivity contribution in [2.75, 3.05) is 43.1 Å². The van der Waals surface area contributed by atoms with Crippen molar-refractivity contribution in [2.45, 2.75) is 13.0 Å². The number of rotatable bonds is 7. The van der Waals surface area contributed by atoms with Crippen molar-refractivity contribution in [3.63, 3.8) is 0 Å². The molecular weight excluding hydrogens is 316 g/mol. The highest BCUT2D eigenvalue weighted by atomic mass is 16.5. The van der Waals surface area contributed by atoms with Crippen LogP contribution in [0.3, 0.4) is 0 Å². The molecule has 6 nitrogen and oxygen atoms in total. The molecule has 1 saturated heterocycles. The normalized spacial score (nSPS) is 14.3. The molecule has 0 unspecified atom stereocenters. The van der Waals surface area contributed by atoms with E-state index in [1.807, 2.05) is 36.4 Å². The van der Waals surface area contributed by atoms with E-state index >= 15 is 0 Å². The van der Waals surface area contributed by atoms with Gasteiger partial charge in [-0.05, 0) is 29.8 Å². The van der Waals surface area contributed by atoms with Crippen molar-refractivity contribution >= 4 is 17.3 Å². The quantitative estimate of drug-likeness (QED) is 0.755. The van der Waals surface area contributed by atoms with Gasteiger partial charge in [0, 0.05) is 45.0 Å². The largest absolute Gasteiger partial charge is 0.378 e. The third-order valence-corrected chi connectivity index (χ3v) is 4.14. The number of nitrogens with zero attached hydrogens (tertiary/aromatic N) is 2. The molecule has 1 aliphatic heterocycles. The summed E-state index contributed by atoms with van der Waals surface area (Å²) >= 11 is 0. The zero-order valence-electron chi connectivity index (χ0n) is 14.3. The topological polar surface area (TPSA) is 66.5 Å². The van der Waals surface area contributed by atoms with E-state index in [1.165, 1.54) is 0 Å². The van der Waals surface area contributed by atoms with Crippen LogP contribution in [0.15, 0.2) is 48.8 Å². The predicted molar refractivity (Wildman–Crippen MR) is 98.7 cm³/mol. The maximum atomic E-state index is 12.3. The lowest BCUT2D eigenvalue weighted by Gasteiger charge is -2.30. The van der Waals surface area contributed by atoms with E-state index in [0.29, 0.717) is 13.0 Å². The summed E-state index contributed by atoms with van der Waals surface area (Å²) < 4.78 is 5.40. The molecule has 1 amide bonds. The van der Waals surface area contributed by atoms with E-state index in [0.717, 1.165) is 49.8 Å². The maximum absolute atomic E-state index is 12.3. The van der Waals surface area contributed by atoms with Crippen molar-refractivity contribution in [3.8, 4) is 0 Å². The first-order chi connectivity index (χ1) is 12.3. The molecule has 1 aliphatic rings. The number of carbonyl (C=O) groups excluding carboxylic acids is 1. The van der Waals surface area contributed by atoms with E-state index < -0.39 is 0 Å². The Morgan fingerprint density at radius 1 is 1.12 bits per heavy atom. The lowest BCUT2D eigenvalue weighted by molar-refractivity contribution is -0.116. The van der Waals surface area contributed by atoms with E-state index in [2.05, 4.69) is 20.5 Å². The average molecular weight is 340 g/mol. The van der Waals surface area contributed by atoms with Gasteiger partial charge in [0.25, 0.3) is 0 Å². The van der Waals surface area contributed by atoms with Gasteiger partial charge in [0.15, 0.2) is 0 Å². The molecule has 1 fully saturated rings. The molecule has 0 saturated carbocycles. The number of anilines is 2. The van der Waals surface area contributed by atoms with Gasteiger partial charge in [-0.25, -0.2) is 0 Å². The highest BCUT2D eigenvalue weighted by Crippen LogP contribution is 2.26. The van der Waals surface area contributed by atoms with Crippen LogP contribution in [-0.2, 0) is 16.1 Å². The third kappa shape index (κ3) is 5.27. The highest BCUT2D eigenvalue weighted by Gasteiger charge is 2.15. The highest BCUT2D eigenvalue weighted by molar-refractivity contribution is 5.94. The third-order valence-electron chi connectivity index (χ3n) is 4.14. The molecule has 3 rings (SSSR count). The SMILES string of the molecule is O=C(CCNCc1ccncc1)Nc1ccccc1N1CCOCC1. The molecule has 1 aromatic heterocycles. The Hall–Kier alpha value is -2.44. The Labute approximate surface area is 148 Å². The number of benzene rings is 1. The number of hydrogen-bond donors (Lipinski definition) is 2. The molecular formula is C19H24N4O2. The summed E-state index contributed by atoms with van der Waals surface area (Å²) in [5.41, 5.74) is 3.08. The van der Waals surface area contributed by atoms with Crippen LogP contribution in [0.2, 0.25) is 0 Å². The zero-order chi connectivity index (χ0) is 17.3. The summed E-state index contributed by atoms with van der Waals surface area (Å²) in [7, 11) is 0. The summed E-state index contributed by atoms with van der Waals surface area (Å²) in [4.78, 5) is 18.5. The fourth-order valence-corrected chi connectivity index (χ4v) is 2.81. The number of carbonyl (C=O) groups is 1. The average Bonchev–Trinajstić information content (AvgIpc) is 2.67. The molecule has 6 heteroatoms. The molecule has 0 aliphatic carbocycles. The fraction of sp³-hybridized carbons (Fsp3) is 0.368. The molecule has 0 spiro atoms. The second kappa shape index (κ2) is 9.15. The summed E-state index contributed by atoms with van der Waals surface area (Å²) in [6.07, 6.45) is 3.97. The Morgan fingerprint density at radius 2 is 1.88 bits per heavy atom. The van der Waals surface area contributed by atoms with E-state index in [-0.39, 0.29) is 5.91 Å². The number of ether oxygens (including phenoxy) is 1. The summed E-state index contributed by atoms with van der Waals surface area (Å²) in [6.45, 7) is 4.51. The molecule has 2 aromatic rings. The monoisotopic (exact) mass is 340 g/mol. The van der Waals surface area contributed by atoms with Gasteiger partial charge in [-0.15, -0.1) is 0 Å². The first-order valence-corrected chi connectivity index (χ1v) is 8.64. The fourth-order valence-electron chi connectivity index (χ4n) is 2.81. The number of morpholine rings is 1. The second-order valence-corrected chi connectivity index (χ2v) is 5.95. The van der Waals surface area contributed by atoms with E-state index in [9.17, 15) is 4.79 Å². The Kier molecular flexibility index (Phi) is 6.36. The minimum Gasteiger partial charge on any atom is -0.378 e. The Bertz CT molecular complexity index is 672. The van der Waals surface area contributed by atoms with Gasteiger partial charge >= 0.3 is 0 Å². The molecule has 0 radical (unpaired) electrons. The summed E-state index contributed by atoms with van der Waals surface area (Å²) in [6, 6.07) is 11.9. The summed E-state index contributed by atoms with van der Waals surface area (Å²) in [5, 5.41) is 6.32. The predicted octanol–water partition coefficient (Wildman–Crippen LogP) is 2.04. The van der Waals surface area contributed by atoms with Gasteiger partial charge in [0.05, 0.1) is 24.6 Å². The van der Waals surface area contributed by atoms with Crippen LogP contribution in [0.5, 0.6) is 0 Å². The number of pyridine rings is 1. The van der Waals surface area contributed by atoms with Crippen LogP contribution in [0.4, 0.5) is 11.4 Å². The summed E-state index contributed by atoms with van der Waals surface area (Å²) in [5.74, 6) is 0.0166. The van der Waals surface area contributed by atoms with Crippen molar-refractivity contribution in [3.05, 3.63) is 54.4 Å². The second-order valence-electron chi connectivity index (χ2n) is 5.95. The molecule has 2 N–H and O–H groups in total. The van der Waals surface area contributed by atoms with Crippen molar-refractivity contribution in [1.29, 1.82) is 0 Å². The van der Waals surface area contributed by atoms with Gasteiger partial charge in [0.1, 0.15) is 0 Å². The van der Waals surface area contributed by atoms with Gasteiger partial charge in [-0.3, -0.25) is 9.78 Å². The molecule has 25 heavy (non-hydrogen) atoms. The van der Waals surface area contributed by atoms with Crippen LogP contribution in [0.1, 0.15) is 12.0 Å². The smallest absolute Gasteiger partial charge is 0.225 e. The number of hydrogen-bond acceptors (Lipinski definition) is 5. The molecule has 1 aromatic carbocycles. The van der Waals surface area contributed by atoms with Crippen molar-refractivity contribution in [1.82, 2.24) is 10.3 Å². The molecule has 0 atom stereocenters. The van der Waals surface area contributed by atoms with Crippen LogP contribution in [-0.4, -0.2) is 43.7 Å². The Morgan fingerprint density at radius 3 is 2.68 bits per heavy atom. The number of amides is 1. The van der Waals surface area contributed by atoms with E-state index in [4.69, 9.17) is 4.74 Å². The van der Waals surface area contributed by atoms with Gasteiger partial charge < -0.3 is 20.3 Å². The number of aromatic nitrogens is 1. The van der Waals surface area contributed by atoms with Gasteiger partial charge in [-0.2, -0.15) is 0 Å². The molecule has 0 bridgehead atoms. The van der Waals surface area contributed by atoms with Gasteiger partial charge in [0.2, 0.25) is 5.91 Å². The standard InChI is InChI=1S/C19H24N4O2/c24-19(7-10-21-15-16-5-8-20-9-6-16)22-17-3-1-2-4-18(17)23-11-13-25-14-12-23/h1-6,8-9,21H,7,10-15H2,(H,22,24). The van der Waals surface area contributed by atoms with Crippen LogP contribution in [0.25, 0.3) is 0 Å². The minimum absolute atomic E-state index is 0.0166. The van der Waals surface area contributed by atoms with Crippen molar-refractivity contribution < 1.29 is 9.53 Å². The first kappa shape index (κ1) is 17.4. The van der Waals surface area contributed by atoms with Crippen LogP contribution < -0.4 is 15.5 Å². The molecule has 132 valence electrons. The van der Waals surface area contributed by atoms with Gasteiger partial charge in [-0.1, -0.05) is 12.1 Å². The Balaban J connectivity index is 1.47. The number of nitrogens with one attached hydrogen (secondary N) is 2. The van der Waals surface area contributed by atoms with E-state index in [1.54, 1.807) is 12.4 Å². The number of para-hydroxylation sites is 2.